The molecule has 0 fully saturated rings. The number of carbonyl (C=O) groups excluding carboxylic acids is 3. The van der Waals surface area contributed by atoms with Gasteiger partial charge in [-0.2, -0.15) is 0 Å². The van der Waals surface area contributed by atoms with E-state index in [4.69, 9.17) is 0 Å². The van der Waals surface area contributed by atoms with Gasteiger partial charge >= 0.3 is 0 Å². The fraction of sp³-hybridized carbons (Fsp3) is 0.250. The molecule has 0 atom stereocenters. The van der Waals surface area contributed by atoms with Gasteiger partial charge in [0.2, 0.25) is 0 Å². The lowest BCUT2D eigenvalue weighted by atomic mass is 10.1. The van der Waals surface area contributed by atoms with Crippen molar-refractivity contribution in [2.24, 2.45) is 0 Å². The van der Waals surface area contributed by atoms with Crippen LogP contribution in [0, 0.1) is 0 Å². The number of hydrogen-bond acceptors (Lipinski definition) is 3. The second-order valence-corrected chi connectivity index (χ2v) is 4.73. The summed E-state index contributed by atoms with van der Waals surface area (Å²) in [5.41, 5.74) is 0.786. The minimum Gasteiger partial charge on any atom is -0.300 e. The molecule has 0 unspecified atom stereocenters. The highest BCUT2D eigenvalue weighted by Crippen LogP contribution is 2.29. The summed E-state index contributed by atoms with van der Waals surface area (Å²) in [5.74, 6) is -0.702. The molecule has 5 heteroatoms. The van der Waals surface area contributed by atoms with Crippen LogP contribution in [0.5, 0.6) is 0 Å². The molecule has 0 saturated heterocycles. The number of nitrogens with zero attached hydrogens (tertiary/aromatic N) is 1. The molecule has 0 bridgehead atoms. The van der Waals surface area contributed by atoms with Crippen molar-refractivity contribution in [2.75, 3.05) is 6.54 Å². The van der Waals surface area contributed by atoms with Crippen molar-refractivity contribution in [1.29, 1.82) is 0 Å². The number of rotatable bonds is 3. The summed E-state index contributed by atoms with van der Waals surface area (Å²) in [6.45, 7) is 1.59. The van der Waals surface area contributed by atoms with Crippen LogP contribution in [0.4, 0.5) is 0 Å². The van der Waals surface area contributed by atoms with E-state index in [-0.39, 0.29) is 30.6 Å². The molecule has 1 aromatic carbocycles. The first kappa shape index (κ1) is 12.0. The van der Waals surface area contributed by atoms with Gasteiger partial charge in [-0.1, -0.05) is 6.07 Å². The Balaban J connectivity index is 2.33. The Morgan fingerprint density at radius 1 is 1.29 bits per heavy atom. The van der Waals surface area contributed by atoms with Crippen molar-refractivity contribution >= 4 is 33.5 Å². The molecule has 2 rings (SSSR count). The lowest BCUT2D eigenvalue weighted by Gasteiger charge is -2.12. The maximum atomic E-state index is 12.0. The van der Waals surface area contributed by atoms with Crippen LogP contribution in [-0.2, 0) is 4.79 Å². The summed E-state index contributed by atoms with van der Waals surface area (Å²) in [7, 11) is 0. The zero-order valence-corrected chi connectivity index (χ0v) is 10.8. The fourth-order valence-electron chi connectivity index (χ4n) is 1.76. The van der Waals surface area contributed by atoms with Gasteiger partial charge in [-0.25, -0.2) is 0 Å². The third kappa shape index (κ3) is 2.02. The second kappa shape index (κ2) is 4.41. The van der Waals surface area contributed by atoms with Crippen LogP contribution >= 0.6 is 15.9 Å². The lowest BCUT2D eigenvalue weighted by Crippen LogP contribution is -2.31. The highest BCUT2D eigenvalue weighted by atomic mass is 79.9. The molecule has 17 heavy (non-hydrogen) atoms. The molecular formula is C12H10BrNO3. The van der Waals surface area contributed by atoms with Gasteiger partial charge in [0.25, 0.3) is 11.8 Å². The fourth-order valence-corrected chi connectivity index (χ4v) is 2.30. The first-order valence-corrected chi connectivity index (χ1v) is 5.96. The zero-order chi connectivity index (χ0) is 12.6. The number of carbonyl (C=O) groups is 3. The van der Waals surface area contributed by atoms with Crippen molar-refractivity contribution in [1.82, 2.24) is 4.90 Å². The molecule has 4 nitrogen and oxygen atoms in total. The molecular weight excluding hydrogens is 286 g/mol. The molecule has 1 aliphatic heterocycles. The van der Waals surface area contributed by atoms with Crippen LogP contribution in [-0.4, -0.2) is 29.0 Å². The van der Waals surface area contributed by atoms with Crippen molar-refractivity contribution in [3.8, 4) is 0 Å². The average Bonchev–Trinajstić information content (AvgIpc) is 2.50. The maximum Gasteiger partial charge on any atom is 0.262 e. The molecule has 0 aromatic heterocycles. The van der Waals surface area contributed by atoms with Gasteiger partial charge in [-0.3, -0.25) is 19.3 Å². The van der Waals surface area contributed by atoms with Gasteiger partial charge < -0.3 is 0 Å². The van der Waals surface area contributed by atoms with E-state index in [1.165, 1.54) is 6.92 Å². The first-order valence-electron chi connectivity index (χ1n) is 5.16. The Hall–Kier alpha value is -1.49. The number of amides is 2. The minimum absolute atomic E-state index is 0.0411. The summed E-state index contributed by atoms with van der Waals surface area (Å²) < 4.78 is 0.610. The van der Waals surface area contributed by atoms with Crippen LogP contribution in [0.25, 0.3) is 0 Å². The van der Waals surface area contributed by atoms with Gasteiger partial charge in [-0.15, -0.1) is 0 Å². The molecule has 1 heterocycles. The zero-order valence-electron chi connectivity index (χ0n) is 9.20. The number of benzene rings is 1. The molecule has 0 aliphatic carbocycles. The number of ketones is 1. The Morgan fingerprint density at radius 2 is 2.00 bits per heavy atom. The van der Waals surface area contributed by atoms with E-state index >= 15 is 0 Å². The molecule has 0 radical (unpaired) electrons. The number of imide groups is 1. The first-order chi connectivity index (χ1) is 8.02. The van der Waals surface area contributed by atoms with Gasteiger partial charge in [-0.05, 0) is 35.0 Å². The van der Waals surface area contributed by atoms with Gasteiger partial charge in [0.15, 0.2) is 0 Å². The quantitative estimate of drug-likeness (QED) is 0.802. The Bertz CT molecular complexity index is 524. The van der Waals surface area contributed by atoms with E-state index in [1.54, 1.807) is 18.2 Å². The maximum absolute atomic E-state index is 12.0. The number of hydrogen-bond donors (Lipinski definition) is 0. The summed E-state index contributed by atoms with van der Waals surface area (Å²) in [6, 6.07) is 5.05. The predicted molar refractivity (Wildman–Crippen MR) is 64.8 cm³/mol. The van der Waals surface area contributed by atoms with Gasteiger partial charge in [0.05, 0.1) is 11.1 Å². The molecule has 88 valence electrons. The summed E-state index contributed by atoms with van der Waals surface area (Å²) >= 11 is 3.26. The predicted octanol–water partition coefficient (Wildman–Crippen LogP) is 2.02. The highest BCUT2D eigenvalue weighted by Gasteiger charge is 2.36. The van der Waals surface area contributed by atoms with E-state index in [2.05, 4.69) is 15.9 Å². The molecule has 0 spiro atoms. The minimum atomic E-state index is -0.335. The van der Waals surface area contributed by atoms with E-state index in [9.17, 15) is 14.4 Å². The highest BCUT2D eigenvalue weighted by molar-refractivity contribution is 9.10. The smallest absolute Gasteiger partial charge is 0.262 e. The standard InChI is InChI=1S/C12H10BrNO3/c1-7(15)5-6-14-11(16)8-3-2-4-9(13)10(8)12(14)17/h2-4H,5-6H2,1H3. The molecule has 0 N–H and O–H groups in total. The van der Waals surface area contributed by atoms with Crippen LogP contribution in [0.2, 0.25) is 0 Å². The number of Topliss-reactive ketones (excluding diaryl/α,β-unsaturated/α-hetero) is 1. The van der Waals surface area contributed by atoms with E-state index in [0.29, 0.717) is 15.6 Å². The average molecular weight is 296 g/mol. The summed E-state index contributed by atoms with van der Waals surface area (Å²) in [5, 5.41) is 0. The van der Waals surface area contributed by atoms with Gasteiger partial charge in [0, 0.05) is 17.4 Å². The molecule has 1 aromatic rings. The van der Waals surface area contributed by atoms with E-state index in [1.807, 2.05) is 0 Å². The second-order valence-electron chi connectivity index (χ2n) is 3.88. The van der Waals surface area contributed by atoms with Crippen molar-refractivity contribution in [3.63, 3.8) is 0 Å². The molecule has 0 saturated carbocycles. The molecule has 2 amide bonds. The number of halogens is 1. The topological polar surface area (TPSA) is 54.5 Å². The van der Waals surface area contributed by atoms with Crippen LogP contribution in [0.3, 0.4) is 0 Å². The normalized spacial score (nSPS) is 14.1. The van der Waals surface area contributed by atoms with Crippen molar-refractivity contribution in [3.05, 3.63) is 33.8 Å². The monoisotopic (exact) mass is 295 g/mol. The van der Waals surface area contributed by atoms with Crippen LogP contribution in [0.1, 0.15) is 34.1 Å². The Kier molecular flexibility index (Phi) is 3.11. The lowest BCUT2D eigenvalue weighted by molar-refractivity contribution is -0.117. The SMILES string of the molecule is CC(=O)CCN1C(=O)c2cccc(Br)c2C1=O. The van der Waals surface area contributed by atoms with E-state index < -0.39 is 0 Å². The Labute approximate surface area is 107 Å². The Morgan fingerprint density at radius 3 is 2.59 bits per heavy atom. The third-order valence-electron chi connectivity index (χ3n) is 2.64. The van der Waals surface area contributed by atoms with Crippen LogP contribution < -0.4 is 0 Å². The van der Waals surface area contributed by atoms with Crippen molar-refractivity contribution < 1.29 is 14.4 Å². The van der Waals surface area contributed by atoms with Gasteiger partial charge in [0.1, 0.15) is 5.78 Å². The van der Waals surface area contributed by atoms with Crippen molar-refractivity contribution in [2.45, 2.75) is 13.3 Å². The summed E-state index contributed by atoms with van der Waals surface area (Å²) in [4.78, 5) is 36.0. The largest absolute Gasteiger partial charge is 0.300 e. The van der Waals surface area contributed by atoms with E-state index in [0.717, 1.165) is 4.90 Å². The third-order valence-corrected chi connectivity index (χ3v) is 3.30. The molecule has 1 aliphatic rings. The summed E-state index contributed by atoms with van der Waals surface area (Å²) in [6.07, 6.45) is 0.198. The van der Waals surface area contributed by atoms with Crippen LogP contribution in [0.15, 0.2) is 22.7 Å². The number of fused-ring (bicyclic) bond motifs is 1.